The van der Waals surface area contributed by atoms with Gasteiger partial charge in [-0.15, -0.1) is 0 Å². The third-order valence-electron chi connectivity index (χ3n) is 2.17. The van der Waals surface area contributed by atoms with Crippen molar-refractivity contribution in [2.45, 2.75) is 6.42 Å². The Balaban J connectivity index is 2.33. The van der Waals surface area contributed by atoms with Crippen LogP contribution >= 0.6 is 0 Å². The lowest BCUT2D eigenvalue weighted by atomic mass is 10.3. The van der Waals surface area contributed by atoms with Crippen molar-refractivity contribution in [1.29, 1.82) is 0 Å². The summed E-state index contributed by atoms with van der Waals surface area (Å²) in [5.41, 5.74) is 11.0. The van der Waals surface area contributed by atoms with Gasteiger partial charge in [0.1, 0.15) is 12.4 Å². The predicted octanol–water partition coefficient (Wildman–Crippen LogP) is -0.558. The van der Waals surface area contributed by atoms with Crippen LogP contribution in [0.25, 0.3) is 0 Å². The van der Waals surface area contributed by atoms with Gasteiger partial charge in [0.25, 0.3) is 0 Å². The van der Waals surface area contributed by atoms with Crippen molar-refractivity contribution in [2.75, 3.05) is 24.6 Å². The molecule has 0 bridgehead atoms. The molecule has 1 aromatic carbocycles. The molecule has 1 amide bonds. The first-order valence-electron chi connectivity index (χ1n) is 5.63. The lowest BCUT2D eigenvalue weighted by Crippen LogP contribution is -2.31. The summed E-state index contributed by atoms with van der Waals surface area (Å²) in [5.74, 6) is -0.258. The summed E-state index contributed by atoms with van der Waals surface area (Å²) in [6.07, 6.45) is -0.0324. The van der Waals surface area contributed by atoms with E-state index in [0.29, 0.717) is 11.4 Å². The van der Waals surface area contributed by atoms with Crippen molar-refractivity contribution < 1.29 is 17.9 Å². The molecular formula is C11H17N3O4S. The molecule has 0 atom stereocenters. The van der Waals surface area contributed by atoms with Crippen molar-refractivity contribution in [3.05, 3.63) is 24.3 Å². The number of hydrogen-bond donors (Lipinski definition) is 3. The van der Waals surface area contributed by atoms with Crippen LogP contribution in [0.5, 0.6) is 5.75 Å². The molecule has 0 saturated heterocycles. The number of ether oxygens (including phenoxy) is 1. The van der Waals surface area contributed by atoms with E-state index in [2.05, 4.69) is 4.72 Å². The number of carbonyl (C=O) groups excluding carboxylic acids is 1. The Kier molecular flexibility index (Phi) is 5.58. The molecule has 0 aliphatic rings. The number of benzene rings is 1. The lowest BCUT2D eigenvalue weighted by molar-refractivity contribution is -0.117. The summed E-state index contributed by atoms with van der Waals surface area (Å²) >= 11 is 0. The van der Waals surface area contributed by atoms with Crippen LogP contribution < -0.4 is 20.9 Å². The summed E-state index contributed by atoms with van der Waals surface area (Å²) < 4.78 is 30.5. The molecule has 0 aliphatic carbocycles. The second kappa shape index (κ2) is 6.95. The number of nitrogen functional groups attached to an aromatic ring is 1. The first kappa shape index (κ1) is 15.3. The fourth-order valence-corrected chi connectivity index (χ4v) is 2.14. The Hall–Kier alpha value is -1.80. The second-order valence-corrected chi connectivity index (χ2v) is 5.78. The molecule has 0 aliphatic heterocycles. The SMILES string of the molecule is NC(=O)CCNS(=O)(=O)CCOc1cccc(N)c1. The first-order valence-corrected chi connectivity index (χ1v) is 7.28. The van der Waals surface area contributed by atoms with Gasteiger partial charge in [-0.05, 0) is 12.1 Å². The predicted molar refractivity (Wildman–Crippen MR) is 72.0 cm³/mol. The first-order chi connectivity index (χ1) is 8.89. The van der Waals surface area contributed by atoms with E-state index in [0.717, 1.165) is 0 Å². The normalized spacial score (nSPS) is 11.2. The zero-order valence-electron chi connectivity index (χ0n) is 10.3. The molecule has 0 aromatic heterocycles. The second-order valence-electron chi connectivity index (χ2n) is 3.85. The third kappa shape index (κ3) is 6.63. The highest BCUT2D eigenvalue weighted by Gasteiger charge is 2.10. The van der Waals surface area contributed by atoms with Crippen LogP contribution in [0.3, 0.4) is 0 Å². The summed E-state index contributed by atoms with van der Waals surface area (Å²) in [4.78, 5) is 10.5. The van der Waals surface area contributed by atoms with E-state index in [9.17, 15) is 13.2 Å². The Morgan fingerprint density at radius 2 is 2.11 bits per heavy atom. The van der Waals surface area contributed by atoms with Crippen molar-refractivity contribution in [3.8, 4) is 5.75 Å². The van der Waals surface area contributed by atoms with Crippen molar-refractivity contribution >= 4 is 21.6 Å². The maximum Gasteiger partial charge on any atom is 0.218 e. The molecule has 0 radical (unpaired) electrons. The van der Waals surface area contributed by atoms with E-state index in [1.165, 1.54) is 0 Å². The molecule has 19 heavy (non-hydrogen) atoms. The summed E-state index contributed by atoms with van der Waals surface area (Å²) in [5, 5.41) is 0. The minimum Gasteiger partial charge on any atom is -0.492 e. The average Bonchev–Trinajstić information content (AvgIpc) is 2.27. The zero-order valence-corrected chi connectivity index (χ0v) is 11.2. The van der Waals surface area contributed by atoms with Gasteiger partial charge in [-0.3, -0.25) is 4.79 Å². The molecule has 0 heterocycles. The van der Waals surface area contributed by atoms with Crippen LogP contribution in [-0.2, 0) is 14.8 Å². The Labute approximate surface area is 112 Å². The van der Waals surface area contributed by atoms with Gasteiger partial charge in [0, 0.05) is 24.7 Å². The van der Waals surface area contributed by atoms with Crippen molar-refractivity contribution in [2.24, 2.45) is 5.73 Å². The maximum atomic E-state index is 11.5. The van der Waals surface area contributed by atoms with Gasteiger partial charge >= 0.3 is 0 Å². The van der Waals surface area contributed by atoms with E-state index in [-0.39, 0.29) is 25.3 Å². The largest absolute Gasteiger partial charge is 0.492 e. The monoisotopic (exact) mass is 287 g/mol. The van der Waals surface area contributed by atoms with E-state index in [1.807, 2.05) is 0 Å². The topological polar surface area (TPSA) is 125 Å². The number of sulfonamides is 1. The van der Waals surface area contributed by atoms with Crippen LogP contribution in [0, 0.1) is 0 Å². The lowest BCUT2D eigenvalue weighted by Gasteiger charge is -2.08. The fourth-order valence-electron chi connectivity index (χ4n) is 1.28. The molecule has 1 rings (SSSR count). The van der Waals surface area contributed by atoms with E-state index in [1.54, 1.807) is 24.3 Å². The molecule has 5 N–H and O–H groups in total. The fraction of sp³-hybridized carbons (Fsp3) is 0.364. The number of carbonyl (C=O) groups is 1. The van der Waals surface area contributed by atoms with Gasteiger partial charge in [0.2, 0.25) is 15.9 Å². The molecule has 1 aromatic rings. The summed E-state index contributed by atoms with van der Waals surface area (Å²) in [6.45, 7) is -0.00862. The Bertz CT molecular complexity index is 530. The number of anilines is 1. The molecule has 0 saturated carbocycles. The van der Waals surface area contributed by atoms with Gasteiger partial charge in [0.15, 0.2) is 0 Å². The average molecular weight is 287 g/mol. The van der Waals surface area contributed by atoms with Gasteiger partial charge in [-0.1, -0.05) is 6.07 Å². The smallest absolute Gasteiger partial charge is 0.218 e. The number of primary amides is 1. The number of nitrogens with one attached hydrogen (secondary N) is 1. The minimum absolute atomic E-state index is 0.00402. The third-order valence-corrected chi connectivity index (χ3v) is 3.52. The minimum atomic E-state index is -3.47. The van der Waals surface area contributed by atoms with Crippen LogP contribution in [0.15, 0.2) is 24.3 Å². The van der Waals surface area contributed by atoms with Crippen LogP contribution in [-0.4, -0.2) is 33.2 Å². The summed E-state index contributed by atoms with van der Waals surface area (Å²) in [7, 11) is -3.47. The van der Waals surface area contributed by atoms with Gasteiger partial charge in [-0.25, -0.2) is 13.1 Å². The van der Waals surface area contributed by atoms with E-state index >= 15 is 0 Å². The Morgan fingerprint density at radius 3 is 2.74 bits per heavy atom. The molecule has 0 spiro atoms. The van der Waals surface area contributed by atoms with Crippen molar-refractivity contribution in [3.63, 3.8) is 0 Å². The standard InChI is InChI=1S/C11H17N3O4S/c12-9-2-1-3-10(8-9)18-6-7-19(16,17)14-5-4-11(13)15/h1-3,8,14H,4-7,12H2,(H2,13,15). The Morgan fingerprint density at radius 1 is 1.37 bits per heavy atom. The molecule has 0 fully saturated rings. The van der Waals surface area contributed by atoms with Gasteiger partial charge < -0.3 is 16.2 Å². The molecule has 7 nitrogen and oxygen atoms in total. The maximum absolute atomic E-state index is 11.5. The van der Waals surface area contributed by atoms with Crippen LogP contribution in [0.2, 0.25) is 0 Å². The quantitative estimate of drug-likeness (QED) is 0.553. The number of nitrogens with two attached hydrogens (primary N) is 2. The number of hydrogen-bond acceptors (Lipinski definition) is 5. The summed E-state index contributed by atoms with van der Waals surface area (Å²) in [6, 6.07) is 6.70. The highest BCUT2D eigenvalue weighted by atomic mass is 32.2. The molecular weight excluding hydrogens is 270 g/mol. The molecule has 8 heteroatoms. The highest BCUT2D eigenvalue weighted by molar-refractivity contribution is 7.89. The van der Waals surface area contributed by atoms with Gasteiger partial charge in [0.05, 0.1) is 5.75 Å². The highest BCUT2D eigenvalue weighted by Crippen LogP contribution is 2.14. The molecule has 0 unspecified atom stereocenters. The van der Waals surface area contributed by atoms with Crippen LogP contribution in [0.1, 0.15) is 6.42 Å². The molecule has 106 valence electrons. The van der Waals surface area contributed by atoms with Crippen molar-refractivity contribution in [1.82, 2.24) is 4.72 Å². The van der Waals surface area contributed by atoms with Crippen LogP contribution in [0.4, 0.5) is 5.69 Å². The van der Waals surface area contributed by atoms with Gasteiger partial charge in [-0.2, -0.15) is 0 Å². The number of rotatable bonds is 8. The van der Waals surface area contributed by atoms with E-state index in [4.69, 9.17) is 16.2 Å². The van der Waals surface area contributed by atoms with E-state index < -0.39 is 15.9 Å². The number of amides is 1. The zero-order chi connectivity index (χ0) is 14.3.